The van der Waals surface area contributed by atoms with Crippen molar-refractivity contribution in [1.29, 1.82) is 0 Å². The summed E-state index contributed by atoms with van der Waals surface area (Å²) in [5.74, 6) is -1.84. The van der Waals surface area contributed by atoms with Crippen LogP contribution < -0.4 is 5.32 Å². The monoisotopic (exact) mass is 676 g/mol. The number of likely N-dealkylation sites (tertiary alicyclic amines) is 2. The maximum Gasteiger partial charge on any atom is 0.410 e. The molecular formula is C37H45FN4O7. The quantitative estimate of drug-likeness (QED) is 0.231. The van der Waals surface area contributed by atoms with E-state index in [-0.39, 0.29) is 31.5 Å². The van der Waals surface area contributed by atoms with Gasteiger partial charge >= 0.3 is 18.2 Å². The van der Waals surface area contributed by atoms with Crippen molar-refractivity contribution in [3.8, 4) is 0 Å². The van der Waals surface area contributed by atoms with Gasteiger partial charge in [-0.25, -0.2) is 14.0 Å². The molecule has 3 aromatic rings. The number of aromatic amines is 1. The number of nitrogens with one attached hydrogen (secondary N) is 2. The van der Waals surface area contributed by atoms with Crippen molar-refractivity contribution in [2.24, 2.45) is 5.92 Å². The first kappa shape index (κ1) is 34.3. The van der Waals surface area contributed by atoms with Crippen LogP contribution in [0.1, 0.15) is 76.8 Å². The second-order valence-electron chi connectivity index (χ2n) is 14.4. The number of hydrogen-bond donors (Lipinski definition) is 2. The molecule has 0 bridgehead atoms. The first-order valence-corrected chi connectivity index (χ1v) is 17.1. The normalized spacial score (nSPS) is 23.2. The zero-order valence-corrected chi connectivity index (χ0v) is 28.4. The number of fused-ring (bicyclic) bond motifs is 2. The van der Waals surface area contributed by atoms with Gasteiger partial charge in [-0.1, -0.05) is 49.6 Å². The lowest BCUT2D eigenvalue weighted by atomic mass is 9.83. The van der Waals surface area contributed by atoms with E-state index in [1.165, 1.54) is 19.1 Å². The van der Waals surface area contributed by atoms with E-state index in [4.69, 9.17) is 14.2 Å². The number of carbonyl (C=O) groups excluding carboxylic acids is 4. The zero-order valence-electron chi connectivity index (χ0n) is 28.4. The van der Waals surface area contributed by atoms with Crippen LogP contribution in [0.15, 0.2) is 54.7 Å². The van der Waals surface area contributed by atoms with Crippen LogP contribution in [0.2, 0.25) is 0 Å². The van der Waals surface area contributed by atoms with Gasteiger partial charge in [-0.2, -0.15) is 0 Å². The largest absolute Gasteiger partial charge is 0.458 e. The van der Waals surface area contributed by atoms with Crippen LogP contribution in [0.5, 0.6) is 0 Å². The van der Waals surface area contributed by atoms with Crippen LogP contribution in [0, 0.1) is 11.7 Å². The molecule has 49 heavy (non-hydrogen) atoms. The Bertz CT molecular complexity index is 1680. The number of nitrogens with zero attached hydrogens (tertiary/aromatic N) is 2. The lowest BCUT2D eigenvalue weighted by Gasteiger charge is -2.36. The number of amides is 3. The smallest absolute Gasteiger partial charge is 0.410 e. The summed E-state index contributed by atoms with van der Waals surface area (Å²) >= 11 is 0. The molecule has 3 aliphatic rings. The van der Waals surface area contributed by atoms with E-state index in [9.17, 15) is 23.6 Å². The number of benzene rings is 2. The number of aromatic nitrogens is 1. The Kier molecular flexibility index (Phi) is 9.85. The number of rotatable bonds is 7. The SMILES string of the molecule is CC(=O)OC1CN(C(=O)C(NC(=O)OC(C)(C)C)C2CCCCC2)C2C(c3c[nH]c4cc(F)ccc34)CN(C(=O)OCc3ccccc3)C12. The van der Waals surface area contributed by atoms with Crippen LogP contribution in [-0.4, -0.2) is 81.8 Å². The van der Waals surface area contributed by atoms with Gasteiger partial charge in [0.2, 0.25) is 5.91 Å². The van der Waals surface area contributed by atoms with Crippen LogP contribution >= 0.6 is 0 Å². The third-order valence-corrected chi connectivity index (χ3v) is 9.81. The number of carbonyl (C=O) groups is 4. The summed E-state index contributed by atoms with van der Waals surface area (Å²) in [6.07, 6.45) is 4.08. The molecule has 5 atom stereocenters. The average molecular weight is 677 g/mol. The van der Waals surface area contributed by atoms with E-state index >= 15 is 0 Å². The van der Waals surface area contributed by atoms with E-state index in [1.807, 2.05) is 30.3 Å². The summed E-state index contributed by atoms with van der Waals surface area (Å²) in [5, 5.41) is 3.65. The molecule has 12 heteroatoms. The summed E-state index contributed by atoms with van der Waals surface area (Å²) in [5.41, 5.74) is 1.41. The van der Waals surface area contributed by atoms with Crippen LogP contribution in [0.4, 0.5) is 14.0 Å². The fourth-order valence-electron chi connectivity index (χ4n) is 7.84. The second-order valence-corrected chi connectivity index (χ2v) is 14.4. The fourth-order valence-corrected chi connectivity index (χ4v) is 7.84. The van der Waals surface area contributed by atoms with Crippen molar-refractivity contribution < 1.29 is 37.8 Å². The second kappa shape index (κ2) is 14.1. The summed E-state index contributed by atoms with van der Waals surface area (Å²) < 4.78 is 31.4. The molecule has 3 fully saturated rings. The molecule has 0 spiro atoms. The van der Waals surface area contributed by atoms with E-state index in [0.29, 0.717) is 5.52 Å². The fraction of sp³-hybridized carbons (Fsp3) is 0.514. The standard InChI is InChI=1S/C37H45FN4O7/c1-22(43)48-30-20-41(34(44)31(24-13-9-6-10-14-24)40-35(45)49-37(2,3)4)32-28(27-18-39-29-17-25(38)15-16-26(27)29)19-42(33(30)32)36(46)47-21-23-11-7-5-8-12-23/h5,7-8,11-12,15-18,24,28,30-33,39H,6,9-10,13-14,19-21H2,1-4H3,(H,40,45). The summed E-state index contributed by atoms with van der Waals surface area (Å²) in [4.78, 5) is 60.7. The molecule has 2 N–H and O–H groups in total. The Morgan fingerprint density at radius 3 is 2.41 bits per heavy atom. The molecule has 3 amide bonds. The molecule has 1 saturated carbocycles. The highest BCUT2D eigenvalue weighted by Gasteiger charge is 2.59. The maximum absolute atomic E-state index is 14.9. The predicted octanol–water partition coefficient (Wildman–Crippen LogP) is 6.03. The Hall–Kier alpha value is -4.61. The maximum atomic E-state index is 14.9. The lowest BCUT2D eigenvalue weighted by molar-refractivity contribution is -0.148. The third-order valence-electron chi connectivity index (χ3n) is 9.81. The van der Waals surface area contributed by atoms with Crippen molar-refractivity contribution in [1.82, 2.24) is 20.1 Å². The molecule has 2 aromatic carbocycles. The van der Waals surface area contributed by atoms with Crippen molar-refractivity contribution in [3.63, 3.8) is 0 Å². The number of hydrogen-bond acceptors (Lipinski definition) is 7. The van der Waals surface area contributed by atoms with E-state index in [0.717, 1.165) is 48.6 Å². The van der Waals surface area contributed by atoms with Crippen molar-refractivity contribution in [3.05, 3.63) is 71.7 Å². The van der Waals surface area contributed by atoms with Gasteiger partial charge in [-0.15, -0.1) is 0 Å². The minimum atomic E-state index is -0.885. The Morgan fingerprint density at radius 2 is 1.71 bits per heavy atom. The molecule has 2 aliphatic heterocycles. The molecular weight excluding hydrogens is 631 g/mol. The van der Waals surface area contributed by atoms with E-state index in [2.05, 4.69) is 10.3 Å². The van der Waals surface area contributed by atoms with Gasteiger partial charge in [-0.3, -0.25) is 14.5 Å². The Labute approximate surface area is 285 Å². The van der Waals surface area contributed by atoms with Crippen LogP contribution in [0.3, 0.4) is 0 Å². The van der Waals surface area contributed by atoms with Gasteiger partial charge in [0.25, 0.3) is 0 Å². The molecule has 262 valence electrons. The van der Waals surface area contributed by atoms with Gasteiger partial charge in [0, 0.05) is 36.5 Å². The topological polar surface area (TPSA) is 130 Å². The van der Waals surface area contributed by atoms with E-state index < -0.39 is 59.7 Å². The number of ether oxygens (including phenoxy) is 3. The molecule has 1 aromatic heterocycles. The Balaban J connectivity index is 1.38. The van der Waals surface area contributed by atoms with Gasteiger partial charge in [0.15, 0.2) is 0 Å². The first-order chi connectivity index (χ1) is 23.4. The molecule has 6 rings (SSSR count). The highest BCUT2D eigenvalue weighted by molar-refractivity contribution is 5.88. The minimum Gasteiger partial charge on any atom is -0.458 e. The van der Waals surface area contributed by atoms with Crippen molar-refractivity contribution in [2.45, 2.75) is 102 Å². The molecule has 1 aliphatic carbocycles. The van der Waals surface area contributed by atoms with Gasteiger partial charge in [0.05, 0.1) is 18.6 Å². The van der Waals surface area contributed by atoms with Crippen molar-refractivity contribution >= 4 is 35.0 Å². The molecule has 5 unspecified atom stereocenters. The van der Waals surface area contributed by atoms with E-state index in [1.54, 1.807) is 42.8 Å². The number of halogens is 1. The first-order valence-electron chi connectivity index (χ1n) is 17.1. The molecule has 11 nitrogen and oxygen atoms in total. The summed E-state index contributed by atoms with van der Waals surface area (Å²) in [6, 6.07) is 11.5. The third kappa shape index (κ3) is 7.52. The van der Waals surface area contributed by atoms with Crippen molar-refractivity contribution in [2.75, 3.05) is 13.1 Å². The summed E-state index contributed by atoms with van der Waals surface area (Å²) in [7, 11) is 0. The average Bonchev–Trinajstić information content (AvgIpc) is 3.75. The predicted molar refractivity (Wildman–Crippen MR) is 179 cm³/mol. The highest BCUT2D eigenvalue weighted by Crippen LogP contribution is 2.45. The summed E-state index contributed by atoms with van der Waals surface area (Å²) in [6.45, 7) is 6.80. The molecule has 0 radical (unpaired) electrons. The van der Waals surface area contributed by atoms with Crippen LogP contribution in [-0.2, 0) is 30.4 Å². The Morgan fingerprint density at radius 1 is 0.980 bits per heavy atom. The zero-order chi connectivity index (χ0) is 34.9. The number of alkyl carbamates (subject to hydrolysis) is 1. The number of esters is 1. The molecule has 3 heterocycles. The van der Waals surface area contributed by atoms with Gasteiger partial charge < -0.3 is 29.4 Å². The van der Waals surface area contributed by atoms with Gasteiger partial charge in [0.1, 0.15) is 30.2 Å². The highest BCUT2D eigenvalue weighted by atomic mass is 19.1. The van der Waals surface area contributed by atoms with Crippen LogP contribution in [0.25, 0.3) is 10.9 Å². The molecule has 2 saturated heterocycles. The number of H-pyrrole nitrogens is 1. The minimum absolute atomic E-state index is 0.0168. The van der Waals surface area contributed by atoms with Gasteiger partial charge in [-0.05, 0) is 68.9 Å². The lowest BCUT2D eigenvalue weighted by Crippen LogP contribution is -2.55.